The third-order valence-electron chi connectivity index (χ3n) is 3.09. The van der Waals surface area contributed by atoms with Gasteiger partial charge in [0.05, 0.1) is 25.5 Å². The van der Waals surface area contributed by atoms with Crippen molar-refractivity contribution in [2.75, 3.05) is 19.5 Å². The van der Waals surface area contributed by atoms with Gasteiger partial charge in [-0.2, -0.15) is 0 Å². The Kier molecular flexibility index (Phi) is 4.85. The zero-order valence-electron chi connectivity index (χ0n) is 12.1. The molecule has 0 bridgehead atoms. The molecule has 0 saturated carbocycles. The second-order valence-electron chi connectivity index (χ2n) is 4.46. The molecule has 5 heteroatoms. The molecule has 2 aromatic carbocycles. The first-order valence-electron chi connectivity index (χ1n) is 6.35. The minimum atomic E-state index is -0.253. The van der Waals surface area contributed by atoms with Crippen molar-refractivity contribution >= 4 is 27.5 Å². The van der Waals surface area contributed by atoms with Crippen LogP contribution in [0.25, 0.3) is 0 Å². The van der Waals surface area contributed by atoms with E-state index in [2.05, 4.69) is 21.2 Å². The molecule has 110 valence electrons. The summed E-state index contributed by atoms with van der Waals surface area (Å²) in [4.78, 5) is 12.5. The van der Waals surface area contributed by atoms with E-state index in [1.54, 1.807) is 25.3 Å². The van der Waals surface area contributed by atoms with E-state index in [9.17, 15) is 4.79 Å². The summed E-state index contributed by atoms with van der Waals surface area (Å²) in [6.07, 6.45) is 0. The van der Waals surface area contributed by atoms with Crippen molar-refractivity contribution in [3.8, 4) is 11.5 Å². The summed E-state index contributed by atoms with van der Waals surface area (Å²) in [5.41, 5.74) is 2.18. The monoisotopic (exact) mass is 349 g/mol. The third kappa shape index (κ3) is 3.36. The number of halogens is 1. The van der Waals surface area contributed by atoms with Gasteiger partial charge in [0.25, 0.3) is 5.91 Å². The maximum atomic E-state index is 12.5. The molecular formula is C16H16BrNO3. The van der Waals surface area contributed by atoms with Crippen LogP contribution in [0.1, 0.15) is 15.9 Å². The van der Waals surface area contributed by atoms with Gasteiger partial charge < -0.3 is 14.8 Å². The van der Waals surface area contributed by atoms with Crippen molar-refractivity contribution in [3.05, 3.63) is 52.0 Å². The van der Waals surface area contributed by atoms with Gasteiger partial charge in [0.1, 0.15) is 11.5 Å². The minimum absolute atomic E-state index is 0.253. The number of benzene rings is 2. The van der Waals surface area contributed by atoms with Gasteiger partial charge in [-0.3, -0.25) is 4.79 Å². The molecule has 0 spiro atoms. The predicted molar refractivity (Wildman–Crippen MR) is 86.4 cm³/mol. The summed E-state index contributed by atoms with van der Waals surface area (Å²) in [6.45, 7) is 1.96. The number of carbonyl (C=O) groups excluding carboxylic acids is 1. The van der Waals surface area contributed by atoms with E-state index in [1.807, 2.05) is 25.1 Å². The number of hydrogen-bond donors (Lipinski definition) is 1. The highest BCUT2D eigenvalue weighted by Crippen LogP contribution is 2.28. The summed E-state index contributed by atoms with van der Waals surface area (Å²) in [5, 5.41) is 2.87. The van der Waals surface area contributed by atoms with E-state index in [4.69, 9.17) is 9.47 Å². The Morgan fingerprint density at radius 2 is 1.90 bits per heavy atom. The number of methoxy groups -OCH3 is 2. The Morgan fingerprint density at radius 3 is 2.57 bits per heavy atom. The lowest BCUT2D eigenvalue weighted by atomic mass is 10.1. The second kappa shape index (κ2) is 6.63. The van der Waals surface area contributed by atoms with Gasteiger partial charge in [-0.25, -0.2) is 0 Å². The second-order valence-corrected chi connectivity index (χ2v) is 5.25. The molecule has 21 heavy (non-hydrogen) atoms. The Balaban J connectivity index is 2.34. The van der Waals surface area contributed by atoms with E-state index in [1.165, 1.54) is 7.11 Å². The Labute approximate surface area is 132 Å². The average Bonchev–Trinajstić information content (AvgIpc) is 2.51. The molecule has 0 unspecified atom stereocenters. The molecule has 0 aromatic heterocycles. The normalized spacial score (nSPS) is 10.1. The number of amides is 1. The van der Waals surface area contributed by atoms with Crippen LogP contribution in [0, 0.1) is 6.92 Å². The van der Waals surface area contributed by atoms with E-state index >= 15 is 0 Å². The first-order chi connectivity index (χ1) is 10.1. The smallest absolute Gasteiger partial charge is 0.259 e. The molecule has 2 rings (SSSR count). The van der Waals surface area contributed by atoms with Crippen molar-refractivity contribution in [2.45, 2.75) is 6.92 Å². The molecule has 1 N–H and O–H groups in total. The van der Waals surface area contributed by atoms with E-state index in [0.29, 0.717) is 22.7 Å². The molecule has 4 nitrogen and oxygen atoms in total. The molecule has 0 heterocycles. The van der Waals surface area contributed by atoms with Crippen molar-refractivity contribution in [3.63, 3.8) is 0 Å². The van der Waals surface area contributed by atoms with Gasteiger partial charge >= 0.3 is 0 Å². The quantitative estimate of drug-likeness (QED) is 0.906. The van der Waals surface area contributed by atoms with Crippen LogP contribution in [0.2, 0.25) is 0 Å². The van der Waals surface area contributed by atoms with Crippen LogP contribution >= 0.6 is 15.9 Å². The molecule has 1 amide bonds. The Hall–Kier alpha value is -2.01. The highest BCUT2D eigenvalue weighted by atomic mass is 79.9. The molecule has 0 atom stereocenters. The zero-order valence-corrected chi connectivity index (χ0v) is 13.7. The van der Waals surface area contributed by atoms with Crippen LogP contribution in [0.3, 0.4) is 0 Å². The van der Waals surface area contributed by atoms with Gasteiger partial charge in [-0.15, -0.1) is 0 Å². The van der Waals surface area contributed by atoms with Gasteiger partial charge in [0.2, 0.25) is 0 Å². The minimum Gasteiger partial charge on any atom is -0.497 e. The lowest BCUT2D eigenvalue weighted by Crippen LogP contribution is -2.14. The van der Waals surface area contributed by atoms with Crippen LogP contribution < -0.4 is 14.8 Å². The lowest BCUT2D eigenvalue weighted by molar-refractivity contribution is 0.102. The summed E-state index contributed by atoms with van der Waals surface area (Å²) < 4.78 is 11.2. The zero-order chi connectivity index (χ0) is 15.4. The topological polar surface area (TPSA) is 47.6 Å². The first-order valence-corrected chi connectivity index (χ1v) is 7.14. The third-order valence-corrected chi connectivity index (χ3v) is 4.14. The van der Waals surface area contributed by atoms with Crippen LogP contribution in [-0.2, 0) is 0 Å². The number of ether oxygens (including phenoxy) is 2. The fourth-order valence-electron chi connectivity index (χ4n) is 1.93. The van der Waals surface area contributed by atoms with Gasteiger partial charge in [0, 0.05) is 4.47 Å². The average molecular weight is 350 g/mol. The van der Waals surface area contributed by atoms with Crippen LogP contribution in [0.15, 0.2) is 40.9 Å². The van der Waals surface area contributed by atoms with Crippen molar-refractivity contribution in [1.29, 1.82) is 0 Å². The number of anilines is 1. The first kappa shape index (κ1) is 15.4. The fourth-order valence-corrected chi connectivity index (χ4v) is 2.29. The summed E-state index contributed by atoms with van der Waals surface area (Å²) in [7, 11) is 3.09. The van der Waals surface area contributed by atoms with Crippen molar-refractivity contribution in [2.24, 2.45) is 0 Å². The molecule has 0 saturated heterocycles. The molecule has 0 fully saturated rings. The SMILES string of the molecule is COc1ccc(OC)c(C(=O)Nc2cccc(C)c2Br)c1. The number of rotatable bonds is 4. The molecule has 0 aliphatic heterocycles. The molecule has 2 aromatic rings. The molecule has 0 radical (unpaired) electrons. The number of hydrogen-bond acceptors (Lipinski definition) is 3. The largest absolute Gasteiger partial charge is 0.497 e. The van der Waals surface area contributed by atoms with Crippen LogP contribution in [0.4, 0.5) is 5.69 Å². The van der Waals surface area contributed by atoms with Crippen molar-refractivity contribution in [1.82, 2.24) is 0 Å². The fraction of sp³-hybridized carbons (Fsp3) is 0.188. The maximum absolute atomic E-state index is 12.5. The van der Waals surface area contributed by atoms with Gasteiger partial charge in [0.15, 0.2) is 0 Å². The van der Waals surface area contributed by atoms with E-state index in [0.717, 1.165) is 10.0 Å². The summed E-state index contributed by atoms with van der Waals surface area (Å²) >= 11 is 3.47. The van der Waals surface area contributed by atoms with Crippen LogP contribution in [-0.4, -0.2) is 20.1 Å². The summed E-state index contributed by atoms with van der Waals surface area (Å²) in [5.74, 6) is 0.846. The standard InChI is InChI=1S/C16H16BrNO3/c1-10-5-4-6-13(15(10)17)18-16(19)12-9-11(20-2)7-8-14(12)21-3/h4-9H,1-3H3,(H,18,19). The van der Waals surface area contributed by atoms with E-state index < -0.39 is 0 Å². The Morgan fingerprint density at radius 1 is 1.14 bits per heavy atom. The summed E-state index contributed by atoms with van der Waals surface area (Å²) in [6, 6.07) is 10.8. The van der Waals surface area contributed by atoms with Gasteiger partial charge in [-0.05, 0) is 52.7 Å². The number of aryl methyl sites for hydroxylation is 1. The van der Waals surface area contributed by atoms with Crippen molar-refractivity contribution < 1.29 is 14.3 Å². The maximum Gasteiger partial charge on any atom is 0.259 e. The van der Waals surface area contributed by atoms with Gasteiger partial charge in [-0.1, -0.05) is 12.1 Å². The number of carbonyl (C=O) groups is 1. The highest BCUT2D eigenvalue weighted by Gasteiger charge is 2.15. The molecule has 0 aliphatic carbocycles. The molecular weight excluding hydrogens is 334 g/mol. The van der Waals surface area contributed by atoms with Crippen LogP contribution in [0.5, 0.6) is 11.5 Å². The lowest BCUT2D eigenvalue weighted by Gasteiger charge is -2.12. The van der Waals surface area contributed by atoms with E-state index in [-0.39, 0.29) is 5.91 Å². The molecule has 0 aliphatic rings. The predicted octanol–water partition coefficient (Wildman–Crippen LogP) is 4.03. The Bertz CT molecular complexity index is 671. The highest BCUT2D eigenvalue weighted by molar-refractivity contribution is 9.10. The number of nitrogens with one attached hydrogen (secondary N) is 1.